The predicted molar refractivity (Wildman–Crippen MR) is 79.4 cm³/mol. The fourth-order valence-corrected chi connectivity index (χ4v) is 2.56. The summed E-state index contributed by atoms with van der Waals surface area (Å²) in [5, 5.41) is 3.09. The second-order valence-corrected chi connectivity index (χ2v) is 5.78. The Balaban J connectivity index is 2.28. The van der Waals surface area contributed by atoms with Crippen LogP contribution in [0.3, 0.4) is 0 Å². The molecule has 21 heavy (non-hydrogen) atoms. The minimum absolute atomic E-state index is 0.165. The first-order valence-corrected chi connectivity index (χ1v) is 7.18. The highest BCUT2D eigenvalue weighted by atomic mass is 79.9. The van der Waals surface area contributed by atoms with Crippen molar-refractivity contribution in [2.75, 3.05) is 5.32 Å². The zero-order valence-corrected chi connectivity index (χ0v) is 13.4. The van der Waals surface area contributed by atoms with Gasteiger partial charge in [0.15, 0.2) is 0 Å². The summed E-state index contributed by atoms with van der Waals surface area (Å²) in [5.74, 6) is 1.54. The maximum absolute atomic E-state index is 12.8. The van der Waals surface area contributed by atoms with Gasteiger partial charge in [0.2, 0.25) is 0 Å². The monoisotopic (exact) mass is 361 g/mol. The number of hydrogen-bond donors (Lipinski definition) is 1. The molecule has 2 aromatic rings. The van der Waals surface area contributed by atoms with E-state index in [1.807, 2.05) is 26.8 Å². The van der Waals surface area contributed by atoms with E-state index in [0.29, 0.717) is 10.2 Å². The lowest BCUT2D eigenvalue weighted by molar-refractivity contribution is -0.137. The number of benzene rings is 1. The molecule has 0 fully saturated rings. The Labute approximate surface area is 129 Å². The van der Waals surface area contributed by atoms with Gasteiger partial charge in [-0.1, -0.05) is 0 Å². The van der Waals surface area contributed by atoms with E-state index in [9.17, 15) is 13.2 Å². The van der Waals surface area contributed by atoms with E-state index in [2.05, 4.69) is 21.2 Å². The van der Waals surface area contributed by atoms with Gasteiger partial charge in [0, 0.05) is 15.7 Å². The molecular weight excluding hydrogens is 347 g/mol. The van der Waals surface area contributed by atoms with E-state index < -0.39 is 11.7 Å². The second-order valence-electron chi connectivity index (χ2n) is 4.93. The third-order valence-corrected chi connectivity index (χ3v) is 3.90. The number of hydrogen-bond acceptors (Lipinski definition) is 2. The number of halogens is 4. The van der Waals surface area contributed by atoms with Crippen LogP contribution in [-0.2, 0) is 6.18 Å². The zero-order valence-electron chi connectivity index (χ0n) is 11.8. The van der Waals surface area contributed by atoms with Gasteiger partial charge in [-0.25, -0.2) is 0 Å². The molecule has 6 heteroatoms. The molecule has 1 N–H and O–H groups in total. The predicted octanol–water partition coefficient (Wildman–Crippen LogP) is 5.85. The van der Waals surface area contributed by atoms with E-state index in [1.165, 1.54) is 6.07 Å². The Morgan fingerprint density at radius 3 is 2.38 bits per heavy atom. The second kappa shape index (κ2) is 5.75. The van der Waals surface area contributed by atoms with Crippen LogP contribution in [0.4, 0.5) is 18.9 Å². The van der Waals surface area contributed by atoms with Gasteiger partial charge in [0.1, 0.15) is 11.5 Å². The number of furan rings is 1. The van der Waals surface area contributed by atoms with Gasteiger partial charge in [-0.3, -0.25) is 0 Å². The van der Waals surface area contributed by atoms with Crippen molar-refractivity contribution >= 4 is 21.6 Å². The van der Waals surface area contributed by atoms with Crippen molar-refractivity contribution < 1.29 is 17.6 Å². The van der Waals surface area contributed by atoms with Crippen LogP contribution in [0.2, 0.25) is 0 Å². The van der Waals surface area contributed by atoms with E-state index in [-0.39, 0.29) is 6.04 Å². The van der Waals surface area contributed by atoms with Crippen molar-refractivity contribution in [3.05, 3.63) is 51.4 Å². The third-order valence-electron chi connectivity index (χ3n) is 3.21. The first-order valence-electron chi connectivity index (χ1n) is 6.38. The molecule has 0 radical (unpaired) electrons. The van der Waals surface area contributed by atoms with Crippen LogP contribution in [0.15, 0.2) is 33.2 Å². The summed E-state index contributed by atoms with van der Waals surface area (Å²) in [6, 6.07) is 5.26. The Bertz CT molecular complexity index is 649. The SMILES string of the molecule is Cc1cc(C(C)Nc2cc(C(F)(F)F)ccc2Br)c(C)o1. The van der Waals surface area contributed by atoms with E-state index in [1.54, 1.807) is 0 Å². The topological polar surface area (TPSA) is 25.2 Å². The fraction of sp³-hybridized carbons (Fsp3) is 0.333. The molecular formula is C15H15BrF3NO. The van der Waals surface area contributed by atoms with Gasteiger partial charge >= 0.3 is 6.18 Å². The third kappa shape index (κ3) is 3.61. The molecule has 0 saturated carbocycles. The summed E-state index contributed by atoms with van der Waals surface area (Å²) >= 11 is 3.27. The van der Waals surface area contributed by atoms with Gasteiger partial charge in [0.25, 0.3) is 0 Å². The van der Waals surface area contributed by atoms with Gasteiger partial charge < -0.3 is 9.73 Å². The van der Waals surface area contributed by atoms with Crippen molar-refractivity contribution in [1.82, 2.24) is 0 Å². The van der Waals surface area contributed by atoms with Crippen molar-refractivity contribution in [2.24, 2.45) is 0 Å². The molecule has 1 unspecified atom stereocenters. The average Bonchev–Trinajstić information content (AvgIpc) is 2.70. The van der Waals surface area contributed by atoms with Crippen LogP contribution in [0, 0.1) is 13.8 Å². The molecule has 0 aliphatic carbocycles. The van der Waals surface area contributed by atoms with Crippen molar-refractivity contribution in [1.29, 1.82) is 0 Å². The molecule has 0 bridgehead atoms. The first kappa shape index (κ1) is 15.9. The molecule has 0 aliphatic rings. The maximum Gasteiger partial charge on any atom is 0.416 e. The highest BCUT2D eigenvalue weighted by Gasteiger charge is 2.31. The van der Waals surface area contributed by atoms with E-state index in [0.717, 1.165) is 29.2 Å². The maximum atomic E-state index is 12.8. The standard InChI is InChI=1S/C15H15BrF3NO/c1-8-6-12(10(3)21-8)9(2)20-14-7-11(15(17,18)19)4-5-13(14)16/h4-7,9,20H,1-3H3. The lowest BCUT2D eigenvalue weighted by Gasteiger charge is -2.17. The first-order chi connectivity index (χ1) is 9.68. The molecule has 1 aromatic heterocycles. The summed E-state index contributed by atoms with van der Waals surface area (Å²) in [6.07, 6.45) is -4.36. The Kier molecular flexibility index (Phi) is 4.37. The van der Waals surface area contributed by atoms with Gasteiger partial charge in [-0.05, 0) is 61.0 Å². The molecule has 1 heterocycles. The molecule has 2 nitrogen and oxygen atoms in total. The summed E-state index contributed by atoms with van der Waals surface area (Å²) < 4.78 is 44.3. The van der Waals surface area contributed by atoms with E-state index in [4.69, 9.17) is 4.42 Å². The van der Waals surface area contributed by atoms with Crippen LogP contribution >= 0.6 is 15.9 Å². The van der Waals surface area contributed by atoms with Gasteiger partial charge in [-0.15, -0.1) is 0 Å². The van der Waals surface area contributed by atoms with Crippen LogP contribution < -0.4 is 5.32 Å². The minimum Gasteiger partial charge on any atom is -0.466 e. The molecule has 1 atom stereocenters. The normalized spacial score (nSPS) is 13.3. The minimum atomic E-state index is -4.36. The average molecular weight is 362 g/mol. The number of aryl methyl sites for hydroxylation is 2. The van der Waals surface area contributed by atoms with Crippen molar-refractivity contribution in [2.45, 2.75) is 33.0 Å². The number of alkyl halides is 3. The highest BCUT2D eigenvalue weighted by Crippen LogP contribution is 2.35. The number of anilines is 1. The van der Waals surface area contributed by atoms with Crippen LogP contribution in [0.25, 0.3) is 0 Å². The zero-order chi connectivity index (χ0) is 15.8. The van der Waals surface area contributed by atoms with Crippen molar-refractivity contribution in [3.63, 3.8) is 0 Å². The summed E-state index contributed by atoms with van der Waals surface area (Å²) in [6.45, 7) is 5.55. The smallest absolute Gasteiger partial charge is 0.416 e. The fourth-order valence-electron chi connectivity index (χ4n) is 2.20. The molecule has 0 spiro atoms. The largest absolute Gasteiger partial charge is 0.466 e. The Hall–Kier alpha value is -1.43. The molecule has 1 aromatic carbocycles. The van der Waals surface area contributed by atoms with Crippen molar-refractivity contribution in [3.8, 4) is 0 Å². The van der Waals surface area contributed by atoms with Crippen LogP contribution in [-0.4, -0.2) is 0 Å². The molecule has 0 amide bonds. The van der Waals surface area contributed by atoms with Crippen LogP contribution in [0.5, 0.6) is 0 Å². The number of rotatable bonds is 3. The molecule has 2 rings (SSSR count). The molecule has 0 aliphatic heterocycles. The van der Waals surface area contributed by atoms with Crippen LogP contribution in [0.1, 0.15) is 35.6 Å². The summed E-state index contributed by atoms with van der Waals surface area (Å²) in [7, 11) is 0. The van der Waals surface area contributed by atoms with Gasteiger partial charge in [0.05, 0.1) is 11.6 Å². The number of nitrogens with one attached hydrogen (secondary N) is 1. The molecule has 0 saturated heterocycles. The quantitative estimate of drug-likeness (QED) is 0.741. The van der Waals surface area contributed by atoms with Gasteiger partial charge in [-0.2, -0.15) is 13.2 Å². The van der Waals surface area contributed by atoms with E-state index >= 15 is 0 Å². The lowest BCUT2D eigenvalue weighted by atomic mass is 10.1. The highest BCUT2D eigenvalue weighted by molar-refractivity contribution is 9.10. The Morgan fingerprint density at radius 1 is 1.19 bits per heavy atom. The lowest BCUT2D eigenvalue weighted by Crippen LogP contribution is -2.10. The molecule has 114 valence electrons. The Morgan fingerprint density at radius 2 is 1.86 bits per heavy atom. The summed E-state index contributed by atoms with van der Waals surface area (Å²) in [5.41, 5.74) is 0.646. The summed E-state index contributed by atoms with van der Waals surface area (Å²) in [4.78, 5) is 0.